The van der Waals surface area contributed by atoms with Gasteiger partial charge in [-0.05, 0) is 49.1 Å². The minimum absolute atomic E-state index is 0.276. The van der Waals surface area contributed by atoms with Crippen molar-refractivity contribution >= 4 is 12.0 Å². The van der Waals surface area contributed by atoms with Crippen LogP contribution in [0.15, 0.2) is 23.8 Å². The van der Waals surface area contributed by atoms with Gasteiger partial charge in [0.2, 0.25) is 0 Å². The number of carboxylic acids is 1. The van der Waals surface area contributed by atoms with E-state index in [4.69, 9.17) is 5.11 Å². The smallest absolute Gasteiger partial charge is 0.313 e. The van der Waals surface area contributed by atoms with Crippen molar-refractivity contribution < 1.29 is 14.3 Å². The summed E-state index contributed by atoms with van der Waals surface area (Å²) < 4.78 is 13.0. The number of aliphatic carboxylic acids is 1. The van der Waals surface area contributed by atoms with E-state index < -0.39 is 11.4 Å². The number of halogens is 1. The van der Waals surface area contributed by atoms with Gasteiger partial charge in [0.1, 0.15) is 5.82 Å². The Balaban J connectivity index is 2.37. The molecule has 0 radical (unpaired) electrons. The van der Waals surface area contributed by atoms with E-state index in [9.17, 15) is 9.18 Å². The molecular formula is C13H13FO2. The minimum Gasteiger partial charge on any atom is -0.481 e. The van der Waals surface area contributed by atoms with Crippen molar-refractivity contribution in [1.29, 1.82) is 0 Å². The standard InChI is InChI=1S/C13H13FO2/c1-13(2,12(15)16)10-5-8-3-4-11(14)7-9(8)6-10/h3-5,7H,6H2,1-2H3,(H,15,16). The summed E-state index contributed by atoms with van der Waals surface area (Å²) in [6.45, 7) is 3.34. The van der Waals surface area contributed by atoms with Crippen LogP contribution in [0.5, 0.6) is 0 Å². The molecule has 0 aromatic heterocycles. The van der Waals surface area contributed by atoms with Gasteiger partial charge < -0.3 is 5.11 Å². The molecule has 0 bridgehead atoms. The number of hydrogen-bond donors (Lipinski definition) is 1. The van der Waals surface area contributed by atoms with E-state index in [-0.39, 0.29) is 5.82 Å². The summed E-state index contributed by atoms with van der Waals surface area (Å²) in [7, 11) is 0. The summed E-state index contributed by atoms with van der Waals surface area (Å²) in [5.41, 5.74) is 1.71. The molecule has 1 aromatic carbocycles. The molecule has 3 heteroatoms. The van der Waals surface area contributed by atoms with Crippen molar-refractivity contribution in [3.05, 3.63) is 40.7 Å². The Bertz CT molecular complexity index is 487. The zero-order valence-corrected chi connectivity index (χ0v) is 9.25. The number of fused-ring (bicyclic) bond motifs is 1. The Hall–Kier alpha value is -1.64. The second-order valence-corrected chi connectivity index (χ2v) is 4.62. The Labute approximate surface area is 93.4 Å². The third-order valence-corrected chi connectivity index (χ3v) is 3.15. The molecule has 0 fully saturated rings. The lowest BCUT2D eigenvalue weighted by Crippen LogP contribution is -2.26. The highest BCUT2D eigenvalue weighted by atomic mass is 19.1. The van der Waals surface area contributed by atoms with Gasteiger partial charge in [0.05, 0.1) is 5.41 Å². The third kappa shape index (κ3) is 1.62. The fourth-order valence-electron chi connectivity index (χ4n) is 1.85. The largest absolute Gasteiger partial charge is 0.481 e. The maximum Gasteiger partial charge on any atom is 0.313 e. The van der Waals surface area contributed by atoms with Crippen molar-refractivity contribution in [3.8, 4) is 0 Å². The number of hydrogen-bond acceptors (Lipinski definition) is 1. The fraction of sp³-hybridized carbons (Fsp3) is 0.308. The molecule has 1 N–H and O–H groups in total. The molecule has 1 aromatic rings. The van der Waals surface area contributed by atoms with Crippen molar-refractivity contribution in [2.24, 2.45) is 5.41 Å². The number of benzene rings is 1. The number of rotatable bonds is 2. The third-order valence-electron chi connectivity index (χ3n) is 3.15. The quantitative estimate of drug-likeness (QED) is 0.832. The van der Waals surface area contributed by atoms with Gasteiger partial charge in [-0.3, -0.25) is 4.79 Å². The van der Waals surface area contributed by atoms with Gasteiger partial charge in [0.15, 0.2) is 0 Å². The van der Waals surface area contributed by atoms with Crippen molar-refractivity contribution in [3.63, 3.8) is 0 Å². The molecule has 0 amide bonds. The lowest BCUT2D eigenvalue weighted by Gasteiger charge is -2.20. The zero-order chi connectivity index (χ0) is 11.9. The van der Waals surface area contributed by atoms with Crippen LogP contribution < -0.4 is 0 Å². The second-order valence-electron chi connectivity index (χ2n) is 4.62. The van der Waals surface area contributed by atoms with Gasteiger partial charge in [0, 0.05) is 0 Å². The molecule has 0 spiro atoms. The van der Waals surface area contributed by atoms with Crippen LogP contribution >= 0.6 is 0 Å². The van der Waals surface area contributed by atoms with Crippen LogP contribution in [0.25, 0.3) is 6.08 Å². The summed E-state index contributed by atoms with van der Waals surface area (Å²) in [4.78, 5) is 11.1. The van der Waals surface area contributed by atoms with E-state index in [1.165, 1.54) is 12.1 Å². The highest BCUT2D eigenvalue weighted by Gasteiger charge is 2.34. The number of carbonyl (C=O) groups is 1. The van der Waals surface area contributed by atoms with Crippen LogP contribution in [0.2, 0.25) is 0 Å². The molecule has 2 rings (SSSR count). The molecule has 0 saturated heterocycles. The highest BCUT2D eigenvalue weighted by molar-refractivity contribution is 5.82. The van der Waals surface area contributed by atoms with E-state index in [1.807, 2.05) is 6.08 Å². The topological polar surface area (TPSA) is 37.3 Å². The molecule has 1 aliphatic rings. The van der Waals surface area contributed by atoms with Crippen LogP contribution in [0.1, 0.15) is 25.0 Å². The summed E-state index contributed by atoms with van der Waals surface area (Å²) in [6, 6.07) is 4.55. The van der Waals surface area contributed by atoms with Gasteiger partial charge in [-0.1, -0.05) is 12.1 Å². The zero-order valence-electron chi connectivity index (χ0n) is 9.25. The molecule has 0 unspecified atom stereocenters. The van der Waals surface area contributed by atoms with Gasteiger partial charge in [-0.2, -0.15) is 0 Å². The van der Waals surface area contributed by atoms with Crippen molar-refractivity contribution in [2.75, 3.05) is 0 Å². The van der Waals surface area contributed by atoms with Crippen LogP contribution in [0, 0.1) is 11.2 Å². The molecule has 1 aliphatic carbocycles. The van der Waals surface area contributed by atoms with Crippen LogP contribution in [-0.2, 0) is 11.2 Å². The van der Waals surface area contributed by atoms with E-state index >= 15 is 0 Å². The monoisotopic (exact) mass is 220 g/mol. The number of carboxylic acid groups (broad SMARTS) is 1. The van der Waals surface area contributed by atoms with Gasteiger partial charge in [0.25, 0.3) is 0 Å². The molecule has 0 atom stereocenters. The maximum absolute atomic E-state index is 13.0. The normalized spacial score (nSPS) is 14.6. The van der Waals surface area contributed by atoms with E-state index in [1.54, 1.807) is 19.9 Å². The molecular weight excluding hydrogens is 207 g/mol. The Morgan fingerprint density at radius 2 is 2.12 bits per heavy atom. The predicted octanol–water partition coefficient (Wildman–Crippen LogP) is 2.88. The van der Waals surface area contributed by atoms with Crippen LogP contribution in [0.4, 0.5) is 4.39 Å². The maximum atomic E-state index is 13.0. The van der Waals surface area contributed by atoms with E-state index in [2.05, 4.69) is 0 Å². The predicted molar refractivity (Wildman–Crippen MR) is 59.5 cm³/mol. The van der Waals surface area contributed by atoms with Crippen LogP contribution in [0.3, 0.4) is 0 Å². The molecule has 0 aliphatic heterocycles. The Morgan fingerprint density at radius 1 is 1.44 bits per heavy atom. The lowest BCUT2D eigenvalue weighted by atomic mass is 9.83. The van der Waals surface area contributed by atoms with Crippen LogP contribution in [-0.4, -0.2) is 11.1 Å². The van der Waals surface area contributed by atoms with Crippen molar-refractivity contribution in [2.45, 2.75) is 20.3 Å². The van der Waals surface area contributed by atoms with Gasteiger partial charge in [-0.15, -0.1) is 0 Å². The molecule has 0 saturated carbocycles. The first-order valence-electron chi connectivity index (χ1n) is 5.14. The molecule has 0 heterocycles. The minimum atomic E-state index is -0.893. The fourth-order valence-corrected chi connectivity index (χ4v) is 1.85. The summed E-state index contributed by atoms with van der Waals surface area (Å²) in [5.74, 6) is -1.13. The molecule has 2 nitrogen and oxygen atoms in total. The Morgan fingerprint density at radius 3 is 2.75 bits per heavy atom. The molecule has 84 valence electrons. The van der Waals surface area contributed by atoms with Gasteiger partial charge in [-0.25, -0.2) is 4.39 Å². The summed E-state index contributed by atoms with van der Waals surface area (Å²) in [5, 5.41) is 9.12. The van der Waals surface area contributed by atoms with E-state index in [0.717, 1.165) is 16.7 Å². The first-order valence-corrected chi connectivity index (χ1v) is 5.14. The average Bonchev–Trinajstić information content (AvgIpc) is 2.60. The molecule has 16 heavy (non-hydrogen) atoms. The van der Waals surface area contributed by atoms with E-state index in [0.29, 0.717) is 6.42 Å². The van der Waals surface area contributed by atoms with Gasteiger partial charge >= 0.3 is 5.97 Å². The summed E-state index contributed by atoms with van der Waals surface area (Å²) in [6.07, 6.45) is 2.37. The SMILES string of the molecule is CC(C)(C(=O)O)C1=Cc2ccc(F)cc2C1. The van der Waals surface area contributed by atoms with Crippen molar-refractivity contribution in [1.82, 2.24) is 0 Å². The average molecular weight is 220 g/mol. The first-order chi connectivity index (χ1) is 7.41. The summed E-state index contributed by atoms with van der Waals surface area (Å²) >= 11 is 0. The lowest BCUT2D eigenvalue weighted by molar-refractivity contribution is -0.144. The first kappa shape index (κ1) is 10.9. The second kappa shape index (κ2) is 3.44. The Kier molecular flexibility index (Phi) is 2.34. The highest BCUT2D eigenvalue weighted by Crippen LogP contribution is 2.37.